The zero-order valence-corrected chi connectivity index (χ0v) is 13.4. The summed E-state index contributed by atoms with van der Waals surface area (Å²) < 4.78 is 13.1. The molecule has 1 unspecified atom stereocenters. The van der Waals surface area contributed by atoms with Gasteiger partial charge in [-0.1, -0.05) is 5.21 Å². The highest BCUT2D eigenvalue weighted by Gasteiger charge is 2.21. The molecule has 1 aromatic carbocycles. The smallest absolute Gasteiger partial charge is 0.153 e. The predicted molar refractivity (Wildman–Crippen MR) is 79.2 cm³/mol. The van der Waals surface area contributed by atoms with Crippen LogP contribution in [0, 0.1) is 0 Å². The first-order chi connectivity index (χ1) is 9.60. The van der Waals surface area contributed by atoms with Gasteiger partial charge >= 0.3 is 0 Å². The lowest BCUT2D eigenvalue weighted by Gasteiger charge is -2.18. The molecule has 0 amide bonds. The van der Waals surface area contributed by atoms with Gasteiger partial charge in [-0.3, -0.25) is 0 Å². The molecule has 1 heterocycles. The van der Waals surface area contributed by atoms with Crippen molar-refractivity contribution in [1.82, 2.24) is 20.3 Å². The van der Waals surface area contributed by atoms with Crippen LogP contribution in [0.15, 0.2) is 22.8 Å². The molecular formula is C13H17BrN4O2. The average molecular weight is 341 g/mol. The van der Waals surface area contributed by atoms with Crippen molar-refractivity contribution >= 4 is 15.9 Å². The van der Waals surface area contributed by atoms with E-state index in [0.717, 1.165) is 22.8 Å². The lowest BCUT2D eigenvalue weighted by Crippen LogP contribution is -2.21. The summed E-state index contributed by atoms with van der Waals surface area (Å²) >= 11 is 3.43. The Morgan fingerprint density at radius 2 is 1.80 bits per heavy atom. The van der Waals surface area contributed by atoms with Gasteiger partial charge in [-0.15, -0.1) is 5.10 Å². The van der Waals surface area contributed by atoms with E-state index in [2.05, 4.69) is 31.6 Å². The number of halogens is 1. The summed E-state index contributed by atoms with van der Waals surface area (Å²) in [7, 11) is 7.01. The van der Waals surface area contributed by atoms with Crippen LogP contribution in [-0.2, 0) is 7.05 Å². The molecule has 0 aliphatic rings. The van der Waals surface area contributed by atoms with Gasteiger partial charge in [-0.2, -0.15) is 0 Å². The second-order valence-electron chi connectivity index (χ2n) is 4.26. The number of methoxy groups -OCH3 is 2. The highest BCUT2D eigenvalue weighted by Crippen LogP contribution is 2.31. The molecule has 7 heteroatoms. The number of hydrogen-bond donors (Lipinski definition) is 1. The molecule has 0 spiro atoms. The molecule has 6 nitrogen and oxygen atoms in total. The van der Waals surface area contributed by atoms with E-state index < -0.39 is 0 Å². The van der Waals surface area contributed by atoms with Gasteiger partial charge in [0.25, 0.3) is 0 Å². The quantitative estimate of drug-likeness (QED) is 0.900. The fourth-order valence-corrected chi connectivity index (χ4v) is 2.66. The van der Waals surface area contributed by atoms with E-state index in [1.165, 1.54) is 0 Å². The number of nitrogens with zero attached hydrogens (tertiary/aromatic N) is 3. The van der Waals surface area contributed by atoms with Crippen LogP contribution < -0.4 is 14.8 Å². The molecule has 0 radical (unpaired) electrons. The molecular weight excluding hydrogens is 324 g/mol. The monoisotopic (exact) mass is 340 g/mol. The van der Waals surface area contributed by atoms with E-state index in [-0.39, 0.29) is 6.04 Å². The van der Waals surface area contributed by atoms with Crippen molar-refractivity contribution in [3.05, 3.63) is 34.1 Å². The van der Waals surface area contributed by atoms with Crippen LogP contribution in [0.5, 0.6) is 11.5 Å². The zero-order chi connectivity index (χ0) is 14.7. The topological polar surface area (TPSA) is 61.2 Å². The average Bonchev–Trinajstić information content (AvgIpc) is 2.80. The molecule has 2 aromatic rings. The molecule has 0 fully saturated rings. The molecule has 2 rings (SSSR count). The SMILES string of the molecule is CNC(c1cc(OC)cc(OC)c1)c1c(Br)nnn1C. The van der Waals surface area contributed by atoms with Gasteiger partial charge in [0.1, 0.15) is 11.5 Å². The van der Waals surface area contributed by atoms with Gasteiger partial charge in [0.2, 0.25) is 0 Å². The molecule has 20 heavy (non-hydrogen) atoms. The van der Waals surface area contributed by atoms with Crippen molar-refractivity contribution in [3.8, 4) is 11.5 Å². The Kier molecular flexibility index (Phi) is 4.61. The van der Waals surface area contributed by atoms with Crippen LogP contribution in [0.4, 0.5) is 0 Å². The fraction of sp³-hybridized carbons (Fsp3) is 0.385. The van der Waals surface area contributed by atoms with Gasteiger partial charge in [0, 0.05) is 13.1 Å². The van der Waals surface area contributed by atoms with Crippen LogP contribution in [0.1, 0.15) is 17.3 Å². The molecule has 1 N–H and O–H groups in total. The van der Waals surface area contributed by atoms with Crippen LogP contribution in [0.3, 0.4) is 0 Å². The number of ether oxygens (including phenoxy) is 2. The van der Waals surface area contributed by atoms with E-state index in [1.54, 1.807) is 18.9 Å². The Morgan fingerprint density at radius 1 is 1.20 bits per heavy atom. The van der Waals surface area contributed by atoms with Gasteiger partial charge in [-0.05, 0) is 40.7 Å². The minimum Gasteiger partial charge on any atom is -0.497 e. The summed E-state index contributed by atoms with van der Waals surface area (Å²) in [5, 5.41) is 11.3. The third kappa shape index (κ3) is 2.78. The highest BCUT2D eigenvalue weighted by atomic mass is 79.9. The molecule has 0 aliphatic heterocycles. The molecule has 0 aliphatic carbocycles. The third-order valence-electron chi connectivity index (χ3n) is 3.10. The second kappa shape index (κ2) is 6.23. The van der Waals surface area contributed by atoms with Gasteiger partial charge in [-0.25, -0.2) is 4.68 Å². The van der Waals surface area contributed by atoms with Crippen LogP contribution in [0.25, 0.3) is 0 Å². The van der Waals surface area contributed by atoms with Crippen LogP contribution >= 0.6 is 15.9 Å². The Balaban J connectivity index is 2.52. The summed E-state index contributed by atoms with van der Waals surface area (Å²) in [6.07, 6.45) is 0. The number of hydrogen-bond acceptors (Lipinski definition) is 5. The number of nitrogens with one attached hydrogen (secondary N) is 1. The summed E-state index contributed by atoms with van der Waals surface area (Å²) in [5.74, 6) is 1.48. The number of benzene rings is 1. The minimum absolute atomic E-state index is 0.0756. The van der Waals surface area contributed by atoms with Gasteiger partial charge in [0.05, 0.1) is 26.0 Å². The summed E-state index contributed by atoms with van der Waals surface area (Å²) in [4.78, 5) is 0. The lowest BCUT2D eigenvalue weighted by atomic mass is 10.0. The fourth-order valence-electron chi connectivity index (χ4n) is 2.10. The van der Waals surface area contributed by atoms with Crippen molar-refractivity contribution < 1.29 is 9.47 Å². The molecule has 0 saturated carbocycles. The van der Waals surface area contributed by atoms with E-state index in [1.807, 2.05) is 32.3 Å². The molecule has 1 atom stereocenters. The first kappa shape index (κ1) is 14.8. The Hall–Kier alpha value is -1.60. The standard InChI is InChI=1S/C13H17BrN4O2/c1-15-11(12-13(14)16-17-18(12)2)8-5-9(19-3)7-10(6-8)20-4/h5-7,11,15H,1-4H3. The van der Waals surface area contributed by atoms with Crippen molar-refractivity contribution in [3.63, 3.8) is 0 Å². The first-order valence-corrected chi connectivity index (χ1v) is 6.85. The maximum absolute atomic E-state index is 5.31. The zero-order valence-electron chi connectivity index (χ0n) is 11.8. The summed E-state index contributed by atoms with van der Waals surface area (Å²) in [6, 6.07) is 5.69. The van der Waals surface area contributed by atoms with Crippen molar-refractivity contribution in [2.24, 2.45) is 7.05 Å². The predicted octanol–water partition coefficient (Wildman–Crippen LogP) is 1.90. The number of rotatable bonds is 5. The van der Waals surface area contributed by atoms with E-state index in [4.69, 9.17) is 9.47 Å². The minimum atomic E-state index is -0.0756. The van der Waals surface area contributed by atoms with Crippen molar-refractivity contribution in [2.45, 2.75) is 6.04 Å². The molecule has 1 aromatic heterocycles. The first-order valence-electron chi connectivity index (χ1n) is 6.06. The molecule has 108 valence electrons. The molecule has 0 bridgehead atoms. The van der Waals surface area contributed by atoms with Crippen molar-refractivity contribution in [1.29, 1.82) is 0 Å². The maximum atomic E-state index is 5.31. The summed E-state index contributed by atoms with van der Waals surface area (Å²) in [5.41, 5.74) is 1.94. The second-order valence-corrected chi connectivity index (χ2v) is 5.01. The number of aryl methyl sites for hydroxylation is 1. The highest BCUT2D eigenvalue weighted by molar-refractivity contribution is 9.10. The largest absolute Gasteiger partial charge is 0.497 e. The number of aromatic nitrogens is 3. The third-order valence-corrected chi connectivity index (χ3v) is 3.66. The van der Waals surface area contributed by atoms with E-state index in [9.17, 15) is 0 Å². The lowest BCUT2D eigenvalue weighted by molar-refractivity contribution is 0.392. The Labute approximate surface area is 126 Å². The van der Waals surface area contributed by atoms with Crippen LogP contribution in [-0.4, -0.2) is 36.3 Å². The van der Waals surface area contributed by atoms with E-state index >= 15 is 0 Å². The normalized spacial score (nSPS) is 12.2. The van der Waals surface area contributed by atoms with Gasteiger partial charge < -0.3 is 14.8 Å². The van der Waals surface area contributed by atoms with E-state index in [0.29, 0.717) is 4.60 Å². The Morgan fingerprint density at radius 3 is 2.20 bits per heavy atom. The molecule has 0 saturated heterocycles. The van der Waals surface area contributed by atoms with Crippen molar-refractivity contribution in [2.75, 3.05) is 21.3 Å². The maximum Gasteiger partial charge on any atom is 0.153 e. The summed E-state index contributed by atoms with van der Waals surface area (Å²) in [6.45, 7) is 0. The van der Waals surface area contributed by atoms with Gasteiger partial charge in [0.15, 0.2) is 4.60 Å². The van der Waals surface area contributed by atoms with Crippen LogP contribution in [0.2, 0.25) is 0 Å². The Bertz CT molecular complexity index is 558.